The first kappa shape index (κ1) is 14.6. The van der Waals surface area contributed by atoms with Crippen molar-refractivity contribution in [2.45, 2.75) is 69.8 Å². The number of hydrogen-bond donors (Lipinski definition) is 0. The van der Waals surface area contributed by atoms with E-state index >= 15 is 0 Å². The third kappa shape index (κ3) is 3.15. The molecule has 0 saturated heterocycles. The number of nitrogens with zero attached hydrogens (tertiary/aromatic N) is 4. The van der Waals surface area contributed by atoms with Crippen molar-refractivity contribution in [3.63, 3.8) is 0 Å². The molecule has 0 spiro atoms. The highest BCUT2D eigenvalue weighted by molar-refractivity contribution is 7.98. The molecule has 0 amide bonds. The van der Waals surface area contributed by atoms with Crippen LogP contribution in [-0.4, -0.2) is 19.7 Å². The fraction of sp³-hybridized carbons (Fsp3) is 0.667. The van der Waals surface area contributed by atoms with Crippen LogP contribution in [0.15, 0.2) is 9.68 Å². The largest absolute Gasteiger partial charge is 0.338 e. The summed E-state index contributed by atoms with van der Waals surface area (Å²) >= 11 is 1.70. The summed E-state index contributed by atoms with van der Waals surface area (Å²) in [5, 5.41) is 4.93. The standard InChI is InChI=1S/C15H22N4OS/c1-10-11(2)19(13-7-5-4-6-8-13)15(16-10)21-9-14-17-12(3)18-20-14/h13H,4-9H2,1-3H3. The summed E-state index contributed by atoms with van der Waals surface area (Å²) in [5.74, 6) is 2.04. The van der Waals surface area contributed by atoms with E-state index in [-0.39, 0.29) is 0 Å². The third-order valence-corrected chi connectivity index (χ3v) is 5.13. The first-order valence-electron chi connectivity index (χ1n) is 7.62. The van der Waals surface area contributed by atoms with Gasteiger partial charge in [0.2, 0.25) is 5.89 Å². The first-order valence-corrected chi connectivity index (χ1v) is 8.61. The summed E-state index contributed by atoms with van der Waals surface area (Å²) in [7, 11) is 0. The highest BCUT2D eigenvalue weighted by atomic mass is 32.2. The van der Waals surface area contributed by atoms with Crippen molar-refractivity contribution >= 4 is 11.8 Å². The number of imidazole rings is 1. The van der Waals surface area contributed by atoms with Gasteiger partial charge in [0.25, 0.3) is 0 Å². The molecule has 1 saturated carbocycles. The predicted octanol–water partition coefficient (Wildman–Crippen LogP) is 3.99. The smallest absolute Gasteiger partial charge is 0.237 e. The Morgan fingerprint density at radius 3 is 2.57 bits per heavy atom. The van der Waals surface area contributed by atoms with Crippen LogP contribution in [0.2, 0.25) is 0 Å². The Morgan fingerprint density at radius 2 is 1.90 bits per heavy atom. The molecule has 0 atom stereocenters. The Kier molecular flexibility index (Phi) is 4.33. The maximum Gasteiger partial charge on any atom is 0.237 e. The van der Waals surface area contributed by atoms with Crippen molar-refractivity contribution in [3.8, 4) is 0 Å². The zero-order valence-corrected chi connectivity index (χ0v) is 13.7. The Balaban J connectivity index is 1.79. The molecule has 1 aliphatic rings. The normalized spacial score (nSPS) is 16.5. The summed E-state index contributed by atoms with van der Waals surface area (Å²) in [6.45, 7) is 6.11. The lowest BCUT2D eigenvalue weighted by molar-refractivity contribution is 0.332. The number of aryl methyl sites for hydroxylation is 2. The average molecular weight is 306 g/mol. The summed E-state index contributed by atoms with van der Waals surface area (Å²) in [5.41, 5.74) is 2.43. The quantitative estimate of drug-likeness (QED) is 0.799. The molecule has 0 aliphatic heterocycles. The predicted molar refractivity (Wildman–Crippen MR) is 82.4 cm³/mol. The van der Waals surface area contributed by atoms with Crippen LogP contribution < -0.4 is 0 Å². The summed E-state index contributed by atoms with van der Waals surface area (Å²) < 4.78 is 7.62. The van der Waals surface area contributed by atoms with E-state index in [1.165, 1.54) is 37.8 Å². The molecule has 6 heteroatoms. The van der Waals surface area contributed by atoms with E-state index < -0.39 is 0 Å². The maximum atomic E-state index is 5.19. The molecular weight excluding hydrogens is 284 g/mol. The molecule has 2 heterocycles. The van der Waals surface area contributed by atoms with Crippen molar-refractivity contribution in [1.29, 1.82) is 0 Å². The van der Waals surface area contributed by atoms with Crippen LogP contribution in [0.25, 0.3) is 0 Å². The van der Waals surface area contributed by atoms with E-state index in [1.807, 2.05) is 6.92 Å². The van der Waals surface area contributed by atoms with Gasteiger partial charge in [-0.2, -0.15) is 4.98 Å². The monoisotopic (exact) mass is 306 g/mol. The van der Waals surface area contributed by atoms with Gasteiger partial charge in [-0.3, -0.25) is 0 Å². The van der Waals surface area contributed by atoms with E-state index in [1.54, 1.807) is 11.8 Å². The molecule has 0 radical (unpaired) electrons. The molecule has 0 aromatic carbocycles. The zero-order valence-electron chi connectivity index (χ0n) is 12.9. The second-order valence-electron chi connectivity index (χ2n) is 5.75. The van der Waals surface area contributed by atoms with E-state index in [0.29, 0.717) is 23.5 Å². The van der Waals surface area contributed by atoms with E-state index in [9.17, 15) is 0 Å². The van der Waals surface area contributed by atoms with Crippen LogP contribution in [0.4, 0.5) is 0 Å². The summed E-state index contributed by atoms with van der Waals surface area (Å²) in [6, 6.07) is 0.604. The van der Waals surface area contributed by atoms with Crippen molar-refractivity contribution in [1.82, 2.24) is 19.7 Å². The Hall–Kier alpha value is -1.30. The average Bonchev–Trinajstić information content (AvgIpc) is 3.02. The summed E-state index contributed by atoms with van der Waals surface area (Å²) in [4.78, 5) is 9.00. The molecule has 114 valence electrons. The lowest BCUT2D eigenvalue weighted by Crippen LogP contribution is -2.15. The fourth-order valence-electron chi connectivity index (χ4n) is 2.99. The molecule has 3 rings (SSSR count). The van der Waals surface area contributed by atoms with Gasteiger partial charge < -0.3 is 9.09 Å². The van der Waals surface area contributed by atoms with Gasteiger partial charge >= 0.3 is 0 Å². The minimum atomic E-state index is 0.604. The van der Waals surface area contributed by atoms with Gasteiger partial charge in [0, 0.05) is 11.7 Å². The molecule has 5 nitrogen and oxygen atoms in total. The van der Waals surface area contributed by atoms with Gasteiger partial charge in [-0.05, 0) is 33.6 Å². The van der Waals surface area contributed by atoms with Gasteiger partial charge in [-0.15, -0.1) is 0 Å². The Morgan fingerprint density at radius 1 is 1.14 bits per heavy atom. The second kappa shape index (κ2) is 6.22. The highest BCUT2D eigenvalue weighted by Crippen LogP contribution is 2.34. The number of aromatic nitrogens is 4. The van der Waals surface area contributed by atoms with Crippen molar-refractivity contribution < 1.29 is 4.52 Å². The van der Waals surface area contributed by atoms with Crippen LogP contribution in [0, 0.1) is 20.8 Å². The third-order valence-electron chi connectivity index (χ3n) is 4.19. The van der Waals surface area contributed by atoms with E-state index in [4.69, 9.17) is 9.51 Å². The number of hydrogen-bond acceptors (Lipinski definition) is 5. The topological polar surface area (TPSA) is 56.7 Å². The van der Waals surface area contributed by atoms with Crippen molar-refractivity contribution in [3.05, 3.63) is 23.1 Å². The molecule has 1 fully saturated rings. The SMILES string of the molecule is Cc1noc(CSc2nc(C)c(C)n2C2CCCCC2)n1. The van der Waals surface area contributed by atoms with E-state index in [0.717, 1.165) is 10.9 Å². The van der Waals surface area contributed by atoms with Gasteiger partial charge in [0.05, 0.1) is 11.4 Å². The summed E-state index contributed by atoms with van der Waals surface area (Å²) in [6.07, 6.45) is 6.56. The maximum absolute atomic E-state index is 5.19. The van der Waals surface area contributed by atoms with Gasteiger partial charge in [-0.1, -0.05) is 36.2 Å². The van der Waals surface area contributed by atoms with Crippen molar-refractivity contribution in [2.75, 3.05) is 0 Å². The molecular formula is C15H22N4OS. The highest BCUT2D eigenvalue weighted by Gasteiger charge is 2.22. The second-order valence-corrected chi connectivity index (χ2v) is 6.69. The molecule has 0 unspecified atom stereocenters. The van der Waals surface area contributed by atoms with Crippen LogP contribution in [0.5, 0.6) is 0 Å². The molecule has 0 bridgehead atoms. The molecule has 0 N–H and O–H groups in total. The first-order chi connectivity index (χ1) is 10.1. The minimum absolute atomic E-state index is 0.604. The fourth-order valence-corrected chi connectivity index (χ4v) is 3.99. The Labute approximate surface area is 129 Å². The van der Waals surface area contributed by atoms with Crippen LogP contribution >= 0.6 is 11.8 Å². The van der Waals surface area contributed by atoms with E-state index in [2.05, 4.69) is 28.6 Å². The molecule has 2 aromatic rings. The zero-order chi connectivity index (χ0) is 14.8. The molecule has 2 aromatic heterocycles. The van der Waals surface area contributed by atoms with Gasteiger partial charge in [-0.25, -0.2) is 4.98 Å². The number of thioether (sulfide) groups is 1. The molecule has 1 aliphatic carbocycles. The van der Waals surface area contributed by atoms with Crippen LogP contribution in [-0.2, 0) is 5.75 Å². The lowest BCUT2D eigenvalue weighted by atomic mass is 9.95. The minimum Gasteiger partial charge on any atom is -0.338 e. The van der Waals surface area contributed by atoms with Gasteiger partial charge in [0.15, 0.2) is 11.0 Å². The molecule has 21 heavy (non-hydrogen) atoms. The number of rotatable bonds is 4. The van der Waals surface area contributed by atoms with Crippen LogP contribution in [0.3, 0.4) is 0 Å². The Bertz CT molecular complexity index is 613. The van der Waals surface area contributed by atoms with Gasteiger partial charge in [0.1, 0.15) is 0 Å². The van der Waals surface area contributed by atoms with Crippen molar-refractivity contribution in [2.24, 2.45) is 0 Å². The van der Waals surface area contributed by atoms with Crippen LogP contribution in [0.1, 0.15) is 61.2 Å². The lowest BCUT2D eigenvalue weighted by Gasteiger charge is -2.25.